The highest BCUT2D eigenvalue weighted by molar-refractivity contribution is 6.04. The van der Waals surface area contributed by atoms with Gasteiger partial charge in [0, 0.05) is 23.2 Å². The molecule has 142 valence electrons. The molecule has 0 aliphatic heterocycles. The van der Waals surface area contributed by atoms with Crippen molar-refractivity contribution < 1.29 is 18.0 Å². The third-order valence-electron chi connectivity index (χ3n) is 5.23. The maximum Gasteiger partial charge on any atom is 0.416 e. The molecular formula is C21H21F3N2O. The summed E-state index contributed by atoms with van der Waals surface area (Å²) < 4.78 is 37.8. The maximum absolute atomic E-state index is 12.6. The molecule has 2 aromatic carbocycles. The lowest BCUT2D eigenvalue weighted by Gasteiger charge is -2.09. The van der Waals surface area contributed by atoms with Crippen molar-refractivity contribution in [2.75, 3.05) is 11.9 Å². The van der Waals surface area contributed by atoms with Crippen LogP contribution in [0.1, 0.15) is 46.7 Å². The fourth-order valence-electron chi connectivity index (χ4n) is 3.26. The van der Waals surface area contributed by atoms with Crippen molar-refractivity contribution >= 4 is 11.6 Å². The molecule has 4 rings (SSSR count). The highest BCUT2D eigenvalue weighted by Gasteiger charge is 2.38. The van der Waals surface area contributed by atoms with Gasteiger partial charge in [-0.15, -0.1) is 0 Å². The lowest BCUT2D eigenvalue weighted by atomic mass is 10.1. The summed E-state index contributed by atoms with van der Waals surface area (Å²) in [6.07, 6.45) is -0.571. The number of nitrogens with one attached hydrogen (secondary N) is 2. The van der Waals surface area contributed by atoms with Crippen molar-refractivity contribution in [1.29, 1.82) is 0 Å². The summed E-state index contributed by atoms with van der Waals surface area (Å²) in [5.41, 5.74) is 1.30. The van der Waals surface area contributed by atoms with Crippen LogP contribution in [0.5, 0.6) is 0 Å². The Bertz CT molecular complexity index is 811. The van der Waals surface area contributed by atoms with Gasteiger partial charge >= 0.3 is 6.18 Å². The Kier molecular flexibility index (Phi) is 4.68. The standard InChI is InChI=1S/C21H21F3N2O/c22-21(23,24)16-7-3-15(4-8-16)20(27)26-17-9-5-14(6-10-17)18-11-19(18)25-12-13-1-2-13/h3-10,13,18-19,25H,1-2,11-12H2,(H,26,27). The molecule has 2 N–H and O–H groups in total. The molecule has 0 spiro atoms. The first-order valence-electron chi connectivity index (χ1n) is 9.22. The van der Waals surface area contributed by atoms with Gasteiger partial charge in [-0.05, 0) is 73.7 Å². The van der Waals surface area contributed by atoms with E-state index in [1.807, 2.05) is 24.3 Å². The summed E-state index contributed by atoms with van der Waals surface area (Å²) in [5, 5.41) is 6.33. The predicted octanol–water partition coefficient (Wildman–Crippen LogP) is 4.81. The Morgan fingerprint density at radius 1 is 1.00 bits per heavy atom. The van der Waals surface area contributed by atoms with Crippen molar-refractivity contribution in [1.82, 2.24) is 5.32 Å². The maximum atomic E-state index is 12.6. The molecule has 3 nitrogen and oxygen atoms in total. The zero-order valence-corrected chi connectivity index (χ0v) is 14.7. The Labute approximate surface area is 156 Å². The Hall–Kier alpha value is -2.34. The summed E-state index contributed by atoms with van der Waals surface area (Å²) >= 11 is 0. The second kappa shape index (κ2) is 7.00. The molecule has 2 aromatic rings. The number of amides is 1. The monoisotopic (exact) mass is 374 g/mol. The molecule has 0 radical (unpaired) electrons. The van der Waals surface area contributed by atoms with Gasteiger partial charge in [-0.25, -0.2) is 0 Å². The van der Waals surface area contributed by atoms with E-state index in [4.69, 9.17) is 0 Å². The molecule has 6 heteroatoms. The molecule has 1 amide bonds. The highest BCUT2D eigenvalue weighted by atomic mass is 19.4. The van der Waals surface area contributed by atoms with Gasteiger partial charge in [0.25, 0.3) is 5.91 Å². The van der Waals surface area contributed by atoms with Gasteiger partial charge in [-0.2, -0.15) is 13.2 Å². The molecule has 2 unspecified atom stereocenters. The van der Waals surface area contributed by atoms with Crippen LogP contribution in [0, 0.1) is 5.92 Å². The molecular weight excluding hydrogens is 353 g/mol. The van der Waals surface area contributed by atoms with E-state index >= 15 is 0 Å². The summed E-state index contributed by atoms with van der Waals surface area (Å²) in [7, 11) is 0. The number of halogens is 3. The largest absolute Gasteiger partial charge is 0.416 e. The Morgan fingerprint density at radius 2 is 1.67 bits per heavy atom. The highest BCUT2D eigenvalue weighted by Crippen LogP contribution is 2.42. The van der Waals surface area contributed by atoms with Crippen LogP contribution >= 0.6 is 0 Å². The van der Waals surface area contributed by atoms with Gasteiger partial charge in [0.2, 0.25) is 0 Å². The zero-order valence-electron chi connectivity index (χ0n) is 14.7. The number of benzene rings is 2. The van der Waals surface area contributed by atoms with Gasteiger partial charge < -0.3 is 10.6 Å². The first-order valence-corrected chi connectivity index (χ1v) is 9.22. The fraction of sp³-hybridized carbons (Fsp3) is 0.381. The van der Waals surface area contributed by atoms with Crippen LogP contribution in [0.25, 0.3) is 0 Å². The molecule has 0 aromatic heterocycles. The Morgan fingerprint density at radius 3 is 2.26 bits per heavy atom. The van der Waals surface area contributed by atoms with Gasteiger partial charge in [-0.3, -0.25) is 4.79 Å². The van der Waals surface area contributed by atoms with Crippen molar-refractivity contribution in [2.45, 2.75) is 37.4 Å². The number of hydrogen-bond donors (Lipinski definition) is 2. The second-order valence-corrected chi connectivity index (χ2v) is 7.45. The summed E-state index contributed by atoms with van der Waals surface area (Å²) in [4.78, 5) is 12.2. The molecule has 2 aliphatic rings. The van der Waals surface area contributed by atoms with E-state index in [-0.39, 0.29) is 5.56 Å². The van der Waals surface area contributed by atoms with E-state index in [0.717, 1.165) is 31.0 Å². The van der Waals surface area contributed by atoms with Crippen LogP contribution in [0.3, 0.4) is 0 Å². The number of rotatable bonds is 6. The number of carbonyl (C=O) groups is 1. The third-order valence-corrected chi connectivity index (χ3v) is 5.23. The van der Waals surface area contributed by atoms with Crippen molar-refractivity contribution in [3.05, 3.63) is 65.2 Å². The van der Waals surface area contributed by atoms with E-state index in [1.54, 1.807) is 0 Å². The second-order valence-electron chi connectivity index (χ2n) is 7.45. The molecule has 0 bridgehead atoms. The normalized spacial score (nSPS) is 21.7. The predicted molar refractivity (Wildman–Crippen MR) is 97.7 cm³/mol. The van der Waals surface area contributed by atoms with E-state index in [9.17, 15) is 18.0 Å². The summed E-state index contributed by atoms with van der Waals surface area (Å²) in [6.45, 7) is 1.11. The first-order chi connectivity index (χ1) is 12.9. The zero-order chi connectivity index (χ0) is 19.0. The number of anilines is 1. The molecule has 2 atom stereocenters. The summed E-state index contributed by atoms with van der Waals surface area (Å²) in [5.74, 6) is 0.976. The van der Waals surface area contributed by atoms with E-state index < -0.39 is 17.6 Å². The molecule has 2 fully saturated rings. The van der Waals surface area contributed by atoms with Crippen LogP contribution in [0.15, 0.2) is 48.5 Å². The minimum Gasteiger partial charge on any atom is -0.322 e. The van der Waals surface area contributed by atoms with Crippen LogP contribution in [-0.4, -0.2) is 18.5 Å². The number of carbonyl (C=O) groups excluding carboxylic acids is 1. The number of hydrogen-bond acceptors (Lipinski definition) is 2. The van der Waals surface area contributed by atoms with Gasteiger partial charge in [0.05, 0.1) is 5.56 Å². The van der Waals surface area contributed by atoms with Crippen molar-refractivity contribution in [3.63, 3.8) is 0 Å². The molecule has 2 aliphatic carbocycles. The fourth-order valence-corrected chi connectivity index (χ4v) is 3.26. The minimum atomic E-state index is -4.40. The van der Waals surface area contributed by atoms with Gasteiger partial charge in [0.15, 0.2) is 0 Å². The van der Waals surface area contributed by atoms with E-state index in [2.05, 4.69) is 10.6 Å². The summed E-state index contributed by atoms with van der Waals surface area (Å²) in [6, 6.07) is 12.5. The SMILES string of the molecule is O=C(Nc1ccc(C2CC2NCC2CC2)cc1)c1ccc(C(F)(F)F)cc1. The third kappa shape index (κ3) is 4.50. The topological polar surface area (TPSA) is 41.1 Å². The van der Waals surface area contributed by atoms with Crippen LogP contribution < -0.4 is 10.6 Å². The minimum absolute atomic E-state index is 0.193. The van der Waals surface area contributed by atoms with E-state index in [1.165, 1.54) is 30.5 Å². The molecule has 0 saturated heterocycles. The van der Waals surface area contributed by atoms with Gasteiger partial charge in [-0.1, -0.05) is 12.1 Å². The van der Waals surface area contributed by atoms with E-state index in [0.29, 0.717) is 17.6 Å². The smallest absolute Gasteiger partial charge is 0.322 e. The molecule has 0 heterocycles. The van der Waals surface area contributed by atoms with Gasteiger partial charge in [0.1, 0.15) is 0 Å². The molecule has 27 heavy (non-hydrogen) atoms. The van der Waals surface area contributed by atoms with Crippen LogP contribution in [-0.2, 0) is 6.18 Å². The lowest BCUT2D eigenvalue weighted by Crippen LogP contribution is -2.20. The Balaban J connectivity index is 1.32. The van der Waals surface area contributed by atoms with Crippen molar-refractivity contribution in [2.24, 2.45) is 5.92 Å². The lowest BCUT2D eigenvalue weighted by molar-refractivity contribution is -0.137. The van der Waals surface area contributed by atoms with Crippen LogP contribution in [0.2, 0.25) is 0 Å². The average Bonchev–Trinajstić information content (AvgIpc) is 3.54. The average molecular weight is 374 g/mol. The quantitative estimate of drug-likeness (QED) is 0.762. The first kappa shape index (κ1) is 18.0. The van der Waals surface area contributed by atoms with Crippen molar-refractivity contribution in [3.8, 4) is 0 Å². The molecule has 2 saturated carbocycles. The number of alkyl halides is 3. The van der Waals surface area contributed by atoms with Crippen LogP contribution in [0.4, 0.5) is 18.9 Å².